The fourth-order valence-electron chi connectivity index (χ4n) is 6.57. The highest BCUT2D eigenvalue weighted by atomic mass is 79.9. The Labute approximate surface area is 314 Å². The molecule has 1 saturated carbocycles. The number of nitrogens with one attached hydrogen (secondary N) is 1. The average molecular weight is 787 g/mol. The standard InChI is InChI=1S/C38H52BrN5O8/c1-37(2,3)52-35(47)40-15-21-50-32-22-26(11-14-31(32)39)24-44(28-12-13-28)33(45)27-8-7-16-43(25-27)29-9-6-10-30(23-29)51-38(4,5)34(46)41-17-19-42(20-18-41)36(48)49/h6,9-11,14,22-23,27-28H,7-8,12-13,15-21,24-25H2,1-5H3,(H,40,47)(H,48,49). The highest BCUT2D eigenvalue weighted by Gasteiger charge is 2.39. The number of benzene rings is 2. The van der Waals surface area contributed by atoms with Crippen molar-refractivity contribution in [3.63, 3.8) is 0 Å². The Balaban J connectivity index is 1.17. The highest BCUT2D eigenvalue weighted by Crippen LogP contribution is 2.35. The Morgan fingerprint density at radius 2 is 1.65 bits per heavy atom. The first-order valence-corrected chi connectivity index (χ1v) is 18.9. The van der Waals surface area contributed by atoms with Crippen LogP contribution < -0.4 is 19.7 Å². The molecule has 2 heterocycles. The quantitative estimate of drug-likeness (QED) is 0.258. The summed E-state index contributed by atoms with van der Waals surface area (Å²) in [6.45, 7) is 12.5. The number of rotatable bonds is 12. The van der Waals surface area contributed by atoms with Crippen LogP contribution in [0.4, 0.5) is 15.3 Å². The third-order valence-electron chi connectivity index (χ3n) is 9.33. The van der Waals surface area contributed by atoms with Crippen molar-refractivity contribution in [3.05, 3.63) is 52.5 Å². The molecule has 4 amide bonds. The summed E-state index contributed by atoms with van der Waals surface area (Å²) >= 11 is 3.56. The van der Waals surface area contributed by atoms with Crippen molar-refractivity contribution >= 4 is 45.6 Å². The molecule has 1 aliphatic carbocycles. The average Bonchev–Trinajstić information content (AvgIpc) is 3.94. The number of piperidine rings is 1. The summed E-state index contributed by atoms with van der Waals surface area (Å²) < 4.78 is 18.3. The van der Waals surface area contributed by atoms with E-state index in [-0.39, 0.29) is 50.0 Å². The molecule has 2 aromatic carbocycles. The van der Waals surface area contributed by atoms with Gasteiger partial charge in [-0.05, 0) is 106 Å². The molecule has 2 saturated heterocycles. The second-order valence-corrected chi connectivity index (χ2v) is 16.1. The van der Waals surface area contributed by atoms with Crippen LogP contribution in [0.2, 0.25) is 0 Å². The van der Waals surface area contributed by atoms with Gasteiger partial charge < -0.3 is 44.2 Å². The summed E-state index contributed by atoms with van der Waals surface area (Å²) in [5, 5.41) is 12.0. The predicted molar refractivity (Wildman–Crippen MR) is 200 cm³/mol. The van der Waals surface area contributed by atoms with E-state index in [1.165, 1.54) is 4.90 Å². The van der Waals surface area contributed by atoms with Gasteiger partial charge in [0, 0.05) is 63.6 Å². The van der Waals surface area contributed by atoms with E-state index >= 15 is 0 Å². The minimum absolute atomic E-state index is 0.154. The fourth-order valence-corrected chi connectivity index (χ4v) is 6.93. The zero-order valence-corrected chi connectivity index (χ0v) is 32.4. The Morgan fingerprint density at radius 1 is 0.942 bits per heavy atom. The summed E-state index contributed by atoms with van der Waals surface area (Å²) in [6, 6.07) is 13.8. The number of hydrogen-bond donors (Lipinski definition) is 2. The number of piperazine rings is 1. The minimum atomic E-state index is -1.15. The SMILES string of the molecule is CC(C)(C)OC(=O)NCCOc1cc(CN(C(=O)C2CCCN(c3cccc(OC(C)(C)C(=O)N4CCN(C(=O)O)CC4)c3)C2)C2CC2)ccc1Br. The normalized spacial score (nSPS) is 18.0. The fraction of sp³-hybridized carbons (Fsp3) is 0.579. The monoisotopic (exact) mass is 785 g/mol. The van der Waals surface area contributed by atoms with Crippen LogP contribution >= 0.6 is 15.9 Å². The lowest BCUT2D eigenvalue weighted by molar-refractivity contribution is -0.147. The second kappa shape index (κ2) is 16.6. The van der Waals surface area contributed by atoms with Crippen molar-refractivity contribution in [1.29, 1.82) is 0 Å². The molecule has 2 aromatic rings. The van der Waals surface area contributed by atoms with Gasteiger partial charge in [0.05, 0.1) is 16.9 Å². The molecule has 284 valence electrons. The maximum atomic E-state index is 14.1. The van der Waals surface area contributed by atoms with Gasteiger partial charge in [0.2, 0.25) is 5.91 Å². The summed E-state index contributed by atoms with van der Waals surface area (Å²) in [4.78, 5) is 58.0. The number of hydrogen-bond acceptors (Lipinski definition) is 8. The summed E-state index contributed by atoms with van der Waals surface area (Å²) in [7, 11) is 0. The van der Waals surface area contributed by atoms with Gasteiger partial charge in [0.1, 0.15) is 23.7 Å². The Kier molecular flexibility index (Phi) is 12.5. The van der Waals surface area contributed by atoms with Gasteiger partial charge in [-0.2, -0.15) is 0 Å². The molecular formula is C38H52BrN5O8. The highest BCUT2D eigenvalue weighted by molar-refractivity contribution is 9.10. The molecule has 2 aliphatic heterocycles. The van der Waals surface area contributed by atoms with Gasteiger partial charge in [-0.25, -0.2) is 9.59 Å². The van der Waals surface area contributed by atoms with E-state index in [0.717, 1.165) is 48.0 Å². The maximum Gasteiger partial charge on any atom is 0.407 e. The number of halogens is 1. The second-order valence-electron chi connectivity index (χ2n) is 15.2. The van der Waals surface area contributed by atoms with Crippen LogP contribution in [0.15, 0.2) is 46.9 Å². The van der Waals surface area contributed by atoms with E-state index in [4.69, 9.17) is 14.2 Å². The van der Waals surface area contributed by atoms with Crippen LogP contribution in [0.5, 0.6) is 11.5 Å². The first-order valence-electron chi connectivity index (χ1n) is 18.1. The van der Waals surface area contributed by atoms with Crippen molar-refractivity contribution < 1.29 is 38.5 Å². The van der Waals surface area contributed by atoms with Gasteiger partial charge in [-0.15, -0.1) is 0 Å². The molecule has 13 nitrogen and oxygen atoms in total. The first kappa shape index (κ1) is 39.0. The van der Waals surface area contributed by atoms with Gasteiger partial charge in [-0.1, -0.05) is 12.1 Å². The number of carbonyl (C=O) groups excluding carboxylic acids is 3. The molecule has 0 radical (unpaired) electrons. The predicted octanol–water partition coefficient (Wildman–Crippen LogP) is 5.74. The number of anilines is 1. The smallest absolute Gasteiger partial charge is 0.407 e. The molecular weight excluding hydrogens is 734 g/mol. The van der Waals surface area contributed by atoms with Crippen LogP contribution in [0.25, 0.3) is 0 Å². The molecule has 52 heavy (non-hydrogen) atoms. The molecule has 3 fully saturated rings. The molecule has 0 aromatic heterocycles. The van der Waals surface area contributed by atoms with Gasteiger partial charge in [-0.3, -0.25) is 9.59 Å². The number of carboxylic acid groups (broad SMARTS) is 1. The van der Waals surface area contributed by atoms with Crippen molar-refractivity contribution in [3.8, 4) is 11.5 Å². The van der Waals surface area contributed by atoms with Crippen LogP contribution in [0.3, 0.4) is 0 Å². The van der Waals surface area contributed by atoms with Crippen LogP contribution in [0, 0.1) is 5.92 Å². The first-order chi connectivity index (χ1) is 24.6. The number of amides is 4. The molecule has 1 unspecified atom stereocenters. The van der Waals surface area contributed by atoms with Crippen LogP contribution in [0.1, 0.15) is 65.9 Å². The minimum Gasteiger partial charge on any atom is -0.491 e. The third kappa shape index (κ3) is 10.7. The van der Waals surface area contributed by atoms with E-state index in [9.17, 15) is 24.3 Å². The zero-order chi connectivity index (χ0) is 37.6. The topological polar surface area (TPSA) is 141 Å². The van der Waals surface area contributed by atoms with Crippen molar-refractivity contribution in [2.75, 3.05) is 57.3 Å². The van der Waals surface area contributed by atoms with E-state index < -0.39 is 23.4 Å². The van der Waals surface area contributed by atoms with Gasteiger partial charge >= 0.3 is 12.2 Å². The van der Waals surface area contributed by atoms with Crippen LogP contribution in [-0.2, 0) is 20.9 Å². The maximum absolute atomic E-state index is 14.1. The Morgan fingerprint density at radius 3 is 2.33 bits per heavy atom. The molecule has 0 bridgehead atoms. The molecule has 1 atom stereocenters. The number of carbonyl (C=O) groups is 4. The lowest BCUT2D eigenvalue weighted by Crippen LogP contribution is -2.56. The van der Waals surface area contributed by atoms with E-state index in [0.29, 0.717) is 37.7 Å². The largest absolute Gasteiger partial charge is 0.491 e. The molecule has 0 spiro atoms. The zero-order valence-electron chi connectivity index (χ0n) is 30.9. The summed E-state index contributed by atoms with van der Waals surface area (Å²) in [6.07, 6.45) is 2.19. The number of alkyl carbamates (subject to hydrolysis) is 1. The number of nitrogens with zero attached hydrogens (tertiary/aromatic N) is 4. The van der Waals surface area contributed by atoms with Crippen molar-refractivity contribution in [1.82, 2.24) is 20.0 Å². The van der Waals surface area contributed by atoms with E-state index in [2.05, 4.69) is 26.1 Å². The van der Waals surface area contributed by atoms with Gasteiger partial charge in [0.15, 0.2) is 5.60 Å². The summed E-state index contributed by atoms with van der Waals surface area (Å²) in [5.41, 5.74) is 0.178. The van der Waals surface area contributed by atoms with Crippen molar-refractivity contribution in [2.45, 2.75) is 84.1 Å². The van der Waals surface area contributed by atoms with Crippen molar-refractivity contribution in [2.24, 2.45) is 5.92 Å². The molecule has 3 aliphatic rings. The lowest BCUT2D eigenvalue weighted by Gasteiger charge is -2.38. The molecule has 14 heteroatoms. The number of ether oxygens (including phenoxy) is 3. The third-order valence-corrected chi connectivity index (χ3v) is 9.98. The molecule has 5 rings (SSSR count). The van der Waals surface area contributed by atoms with E-state index in [1.54, 1.807) is 18.7 Å². The van der Waals surface area contributed by atoms with Crippen LogP contribution in [-0.4, -0.2) is 113 Å². The molecule has 2 N–H and O–H groups in total. The summed E-state index contributed by atoms with van der Waals surface area (Å²) in [5.74, 6) is 1.00. The Bertz CT molecular complexity index is 1600. The van der Waals surface area contributed by atoms with Gasteiger partial charge in [0.25, 0.3) is 5.91 Å². The lowest BCUT2D eigenvalue weighted by atomic mass is 9.95. The van der Waals surface area contributed by atoms with E-state index in [1.807, 2.05) is 68.1 Å². The Hall–Kier alpha value is -4.20.